The van der Waals surface area contributed by atoms with Gasteiger partial charge in [-0.15, -0.1) is 0 Å². The van der Waals surface area contributed by atoms with Crippen LogP contribution in [0.1, 0.15) is 27.7 Å². The first kappa shape index (κ1) is 21.9. The van der Waals surface area contributed by atoms with Gasteiger partial charge < -0.3 is 32.2 Å². The molecule has 0 spiro atoms. The molecule has 2 atom stereocenters. The highest BCUT2D eigenvalue weighted by Crippen LogP contribution is 2.30. The first-order valence-electron chi connectivity index (χ1n) is 8.33. The summed E-state index contributed by atoms with van der Waals surface area (Å²) in [5, 5.41) is 0.660. The molecular formula is C17H30O7Si. The van der Waals surface area contributed by atoms with Crippen LogP contribution in [-0.4, -0.2) is 55.9 Å². The van der Waals surface area contributed by atoms with Gasteiger partial charge >= 0.3 is 8.80 Å². The first-order valence-corrected chi connectivity index (χ1v) is 10.1. The predicted molar refractivity (Wildman–Crippen MR) is 96.3 cm³/mol. The second-order valence-corrected chi connectivity index (χ2v) is 7.96. The molecule has 2 unspecified atom stereocenters. The van der Waals surface area contributed by atoms with Crippen LogP contribution >= 0.6 is 0 Å². The van der Waals surface area contributed by atoms with Crippen LogP contribution in [0.2, 0.25) is 0 Å². The minimum atomic E-state index is -3.13. The number of benzene rings is 1. The molecule has 0 aliphatic rings. The molecule has 1 aromatic carbocycles. The van der Waals surface area contributed by atoms with Crippen LogP contribution in [0, 0.1) is 0 Å². The normalized spacial score (nSPS) is 14.2. The van der Waals surface area contributed by atoms with Gasteiger partial charge in [-0.1, -0.05) is 12.1 Å². The zero-order valence-electron chi connectivity index (χ0n) is 16.2. The Hall–Kier alpha value is -1.16. The highest BCUT2D eigenvalue weighted by molar-refractivity contribution is 6.76. The Morgan fingerprint density at radius 3 is 1.84 bits per heavy atom. The minimum Gasteiger partial charge on any atom is -0.461 e. The summed E-state index contributed by atoms with van der Waals surface area (Å²) in [7, 11) is 1.51. The Labute approximate surface area is 151 Å². The molecule has 0 saturated heterocycles. The molecule has 0 N–H and O–H groups in total. The summed E-state index contributed by atoms with van der Waals surface area (Å²) >= 11 is 0. The largest absolute Gasteiger partial charge is 0.540 e. The zero-order valence-corrected chi connectivity index (χ0v) is 17.2. The van der Waals surface area contributed by atoms with Gasteiger partial charge in [0.15, 0.2) is 24.1 Å². The van der Waals surface area contributed by atoms with Gasteiger partial charge in [-0.25, -0.2) is 0 Å². The Kier molecular flexibility index (Phi) is 9.40. The number of hydrogen-bond donors (Lipinski definition) is 0. The van der Waals surface area contributed by atoms with Crippen molar-refractivity contribution in [2.45, 2.75) is 40.3 Å². The smallest absolute Gasteiger partial charge is 0.461 e. The van der Waals surface area contributed by atoms with E-state index in [1.165, 1.54) is 0 Å². The molecule has 25 heavy (non-hydrogen) atoms. The SMILES string of the molecule is CCOC(C)Oc1cccc([Si](OC)(OC)OC)c1OC(C)OCC. The number of hydrogen-bond acceptors (Lipinski definition) is 7. The van der Waals surface area contributed by atoms with Crippen LogP contribution in [0.15, 0.2) is 18.2 Å². The van der Waals surface area contributed by atoms with Crippen LogP contribution in [0.4, 0.5) is 0 Å². The van der Waals surface area contributed by atoms with E-state index >= 15 is 0 Å². The summed E-state index contributed by atoms with van der Waals surface area (Å²) in [6, 6.07) is 5.47. The molecule has 0 aliphatic carbocycles. The lowest BCUT2D eigenvalue weighted by Crippen LogP contribution is -2.55. The van der Waals surface area contributed by atoms with Crippen LogP contribution in [0.25, 0.3) is 0 Å². The summed E-state index contributed by atoms with van der Waals surface area (Å²) in [5.74, 6) is 0.972. The van der Waals surface area contributed by atoms with Gasteiger partial charge in [-0.3, -0.25) is 0 Å². The maximum atomic E-state index is 6.00. The van der Waals surface area contributed by atoms with E-state index in [9.17, 15) is 0 Å². The molecule has 0 amide bonds. The van der Waals surface area contributed by atoms with Gasteiger partial charge in [0.05, 0.1) is 5.19 Å². The summed E-state index contributed by atoms with van der Waals surface area (Å²) in [6.45, 7) is 8.50. The van der Waals surface area contributed by atoms with Gasteiger partial charge in [-0.2, -0.15) is 0 Å². The summed E-state index contributed by atoms with van der Waals surface area (Å²) in [5.41, 5.74) is 0. The molecule has 0 aliphatic heterocycles. The van der Waals surface area contributed by atoms with Crippen molar-refractivity contribution in [3.63, 3.8) is 0 Å². The summed E-state index contributed by atoms with van der Waals surface area (Å²) < 4.78 is 39.7. The van der Waals surface area contributed by atoms with Crippen molar-refractivity contribution < 1.29 is 32.2 Å². The standard InChI is InChI=1S/C17H30O7Si/c1-8-21-13(3)23-15-11-10-12-16(25(18-5,19-6)20-7)17(15)24-14(4)22-9-2/h10-14H,8-9H2,1-7H3. The molecular weight excluding hydrogens is 344 g/mol. The van der Waals surface area contributed by atoms with E-state index < -0.39 is 21.4 Å². The van der Waals surface area contributed by atoms with Crippen molar-refractivity contribution in [2.75, 3.05) is 34.5 Å². The second-order valence-electron chi connectivity index (χ2n) is 5.08. The van der Waals surface area contributed by atoms with Crippen molar-refractivity contribution >= 4 is 14.0 Å². The summed E-state index contributed by atoms with van der Waals surface area (Å²) in [6.07, 6.45) is -0.915. The van der Waals surface area contributed by atoms with Gasteiger partial charge in [-0.05, 0) is 33.8 Å². The van der Waals surface area contributed by atoms with Gasteiger partial charge in [0.1, 0.15) is 0 Å². The first-order chi connectivity index (χ1) is 12.0. The average molecular weight is 375 g/mol. The number of rotatable bonds is 12. The molecule has 7 nitrogen and oxygen atoms in total. The van der Waals surface area contributed by atoms with E-state index in [2.05, 4.69) is 0 Å². The van der Waals surface area contributed by atoms with Gasteiger partial charge in [0.2, 0.25) is 0 Å². The molecule has 0 heterocycles. The summed E-state index contributed by atoms with van der Waals surface area (Å²) in [4.78, 5) is 0. The van der Waals surface area contributed by atoms with E-state index in [4.69, 9.17) is 32.2 Å². The quantitative estimate of drug-likeness (QED) is 0.411. The van der Waals surface area contributed by atoms with Crippen molar-refractivity contribution in [1.29, 1.82) is 0 Å². The minimum absolute atomic E-state index is 0.436. The average Bonchev–Trinajstić information content (AvgIpc) is 2.59. The van der Waals surface area contributed by atoms with E-state index in [-0.39, 0.29) is 0 Å². The lowest BCUT2D eigenvalue weighted by atomic mass is 10.3. The molecule has 144 valence electrons. The van der Waals surface area contributed by atoms with E-state index in [1.807, 2.05) is 39.8 Å². The topological polar surface area (TPSA) is 64.6 Å². The number of ether oxygens (including phenoxy) is 4. The fraction of sp³-hybridized carbons (Fsp3) is 0.647. The van der Waals surface area contributed by atoms with Crippen LogP contribution in [0.3, 0.4) is 0 Å². The van der Waals surface area contributed by atoms with E-state index in [1.54, 1.807) is 27.4 Å². The fourth-order valence-electron chi connectivity index (χ4n) is 2.43. The third-order valence-corrected chi connectivity index (χ3v) is 6.16. The Bertz CT molecular complexity index is 500. The van der Waals surface area contributed by atoms with E-state index in [0.29, 0.717) is 29.9 Å². The van der Waals surface area contributed by atoms with Gasteiger partial charge in [0, 0.05) is 34.5 Å². The van der Waals surface area contributed by atoms with Crippen molar-refractivity contribution in [2.24, 2.45) is 0 Å². The third-order valence-electron chi connectivity index (χ3n) is 3.49. The highest BCUT2D eigenvalue weighted by Gasteiger charge is 2.45. The van der Waals surface area contributed by atoms with Crippen molar-refractivity contribution in [1.82, 2.24) is 0 Å². The molecule has 0 radical (unpaired) electrons. The second kappa shape index (κ2) is 10.7. The Morgan fingerprint density at radius 1 is 0.840 bits per heavy atom. The predicted octanol–water partition coefficient (Wildman–Crippen LogP) is 2.29. The molecule has 1 aromatic rings. The molecule has 8 heteroatoms. The Morgan fingerprint density at radius 2 is 1.36 bits per heavy atom. The van der Waals surface area contributed by atoms with Crippen LogP contribution in [0.5, 0.6) is 11.5 Å². The van der Waals surface area contributed by atoms with Crippen molar-refractivity contribution in [3.05, 3.63) is 18.2 Å². The van der Waals surface area contributed by atoms with Gasteiger partial charge in [0.25, 0.3) is 0 Å². The third kappa shape index (κ3) is 5.66. The molecule has 0 saturated carbocycles. The van der Waals surface area contributed by atoms with Crippen LogP contribution in [-0.2, 0) is 22.8 Å². The highest BCUT2D eigenvalue weighted by atomic mass is 28.4. The van der Waals surface area contributed by atoms with Crippen LogP contribution < -0.4 is 14.7 Å². The molecule has 1 rings (SSSR count). The monoisotopic (exact) mass is 374 g/mol. The number of para-hydroxylation sites is 1. The maximum absolute atomic E-state index is 6.00. The fourth-order valence-corrected chi connectivity index (χ4v) is 4.35. The molecule has 0 aromatic heterocycles. The lowest BCUT2D eigenvalue weighted by molar-refractivity contribution is -0.0764. The Balaban J connectivity index is 3.34. The molecule has 0 bridgehead atoms. The molecule has 0 fully saturated rings. The van der Waals surface area contributed by atoms with Crippen molar-refractivity contribution in [3.8, 4) is 11.5 Å². The maximum Gasteiger partial charge on any atom is 0.540 e. The lowest BCUT2D eigenvalue weighted by Gasteiger charge is -2.29. The zero-order chi connectivity index (χ0) is 18.9. The van der Waals surface area contributed by atoms with E-state index in [0.717, 1.165) is 0 Å².